The number of fused-ring (bicyclic) bond motifs is 2. The molecular formula is C18H20N4O. The second-order valence-corrected chi connectivity index (χ2v) is 6.34. The molecule has 3 aromatic rings. The number of H-pyrrole nitrogens is 1. The van der Waals surface area contributed by atoms with E-state index in [1.54, 1.807) is 6.20 Å². The summed E-state index contributed by atoms with van der Waals surface area (Å²) in [6.07, 6.45) is 6.76. The van der Waals surface area contributed by atoms with E-state index in [0.717, 1.165) is 41.3 Å². The van der Waals surface area contributed by atoms with Crippen LogP contribution in [0.15, 0.2) is 30.6 Å². The summed E-state index contributed by atoms with van der Waals surface area (Å²) in [6, 6.07) is 6.16. The number of nitrogens with one attached hydrogen (secondary N) is 2. The highest BCUT2D eigenvalue weighted by Crippen LogP contribution is 2.30. The van der Waals surface area contributed by atoms with Crippen LogP contribution in [0.2, 0.25) is 0 Å². The fourth-order valence-electron chi connectivity index (χ4n) is 3.51. The second-order valence-electron chi connectivity index (χ2n) is 6.34. The molecule has 0 fully saturated rings. The van der Waals surface area contributed by atoms with Crippen molar-refractivity contribution in [3.8, 4) is 0 Å². The molecule has 0 saturated heterocycles. The summed E-state index contributed by atoms with van der Waals surface area (Å²) in [6.45, 7) is 2.04. The van der Waals surface area contributed by atoms with Crippen molar-refractivity contribution in [3.05, 3.63) is 53.0 Å². The number of nitrogens with zero attached hydrogens (tertiary/aromatic N) is 2. The number of amides is 1. The van der Waals surface area contributed by atoms with Gasteiger partial charge in [0.1, 0.15) is 0 Å². The molecule has 2 aromatic heterocycles. The van der Waals surface area contributed by atoms with Crippen LogP contribution in [-0.4, -0.2) is 20.7 Å². The molecule has 0 radical (unpaired) electrons. The molecule has 0 saturated carbocycles. The van der Waals surface area contributed by atoms with Crippen LogP contribution < -0.4 is 5.32 Å². The van der Waals surface area contributed by atoms with Gasteiger partial charge in [-0.05, 0) is 38.3 Å². The fraction of sp³-hybridized carbons (Fsp3) is 0.333. The van der Waals surface area contributed by atoms with Crippen molar-refractivity contribution in [1.29, 1.82) is 0 Å². The Bertz CT molecular complexity index is 890. The minimum atomic E-state index is -0.0245. The molecule has 1 aliphatic rings. The number of rotatable bonds is 2. The predicted octanol–water partition coefficient (Wildman–Crippen LogP) is 3.02. The minimum absolute atomic E-state index is 0.0245. The molecule has 4 rings (SSSR count). The van der Waals surface area contributed by atoms with Gasteiger partial charge in [-0.15, -0.1) is 0 Å². The molecule has 0 bridgehead atoms. The number of aromatic nitrogens is 3. The Kier molecular flexibility index (Phi) is 3.22. The van der Waals surface area contributed by atoms with Crippen molar-refractivity contribution >= 4 is 16.8 Å². The van der Waals surface area contributed by atoms with Crippen molar-refractivity contribution in [2.75, 3.05) is 0 Å². The van der Waals surface area contributed by atoms with Crippen LogP contribution in [-0.2, 0) is 13.5 Å². The van der Waals surface area contributed by atoms with Crippen molar-refractivity contribution in [2.24, 2.45) is 7.05 Å². The standard InChI is InChI=1S/C18H20N4O/c1-11-6-7-15-12(8-11)13(9-19-15)18(23)21-16-4-3-5-17-14(16)10-20-22(17)2/h6-10,16,19H,3-5H2,1-2H3,(H,21,23). The van der Waals surface area contributed by atoms with Crippen molar-refractivity contribution in [3.63, 3.8) is 0 Å². The highest BCUT2D eigenvalue weighted by molar-refractivity contribution is 6.07. The van der Waals surface area contributed by atoms with Gasteiger partial charge in [-0.25, -0.2) is 0 Å². The molecule has 118 valence electrons. The van der Waals surface area contributed by atoms with Gasteiger partial charge in [0.2, 0.25) is 0 Å². The molecular weight excluding hydrogens is 288 g/mol. The van der Waals surface area contributed by atoms with Crippen LogP contribution >= 0.6 is 0 Å². The Morgan fingerprint density at radius 2 is 2.30 bits per heavy atom. The maximum Gasteiger partial charge on any atom is 0.253 e. The zero-order valence-electron chi connectivity index (χ0n) is 13.4. The summed E-state index contributed by atoms with van der Waals surface area (Å²) >= 11 is 0. The number of carbonyl (C=O) groups is 1. The van der Waals surface area contributed by atoms with Gasteiger partial charge in [0.25, 0.3) is 5.91 Å². The Morgan fingerprint density at radius 3 is 3.17 bits per heavy atom. The zero-order valence-corrected chi connectivity index (χ0v) is 13.4. The molecule has 1 aromatic carbocycles. The Labute approximate surface area is 134 Å². The number of carbonyl (C=O) groups excluding carboxylic acids is 1. The average molecular weight is 308 g/mol. The lowest BCUT2D eigenvalue weighted by atomic mass is 9.92. The molecule has 1 aliphatic carbocycles. The van der Waals surface area contributed by atoms with E-state index >= 15 is 0 Å². The molecule has 1 unspecified atom stereocenters. The maximum absolute atomic E-state index is 12.8. The number of hydrogen-bond donors (Lipinski definition) is 2. The highest BCUT2D eigenvalue weighted by atomic mass is 16.1. The summed E-state index contributed by atoms with van der Waals surface area (Å²) < 4.78 is 1.92. The van der Waals surface area contributed by atoms with Gasteiger partial charge in [-0.3, -0.25) is 9.48 Å². The maximum atomic E-state index is 12.8. The topological polar surface area (TPSA) is 62.7 Å². The van der Waals surface area contributed by atoms with Crippen LogP contribution in [0.1, 0.15) is 46.1 Å². The first-order valence-corrected chi connectivity index (χ1v) is 8.03. The Hall–Kier alpha value is -2.56. The van der Waals surface area contributed by atoms with Crippen molar-refractivity contribution < 1.29 is 4.79 Å². The first-order valence-electron chi connectivity index (χ1n) is 8.03. The lowest BCUT2D eigenvalue weighted by Crippen LogP contribution is -2.30. The van der Waals surface area contributed by atoms with Crippen LogP contribution in [0.3, 0.4) is 0 Å². The largest absolute Gasteiger partial charge is 0.360 e. The van der Waals surface area contributed by atoms with Crippen LogP contribution in [0.25, 0.3) is 10.9 Å². The molecule has 5 nitrogen and oxygen atoms in total. The number of benzene rings is 1. The number of aryl methyl sites for hydroxylation is 2. The van der Waals surface area contributed by atoms with Crippen molar-refractivity contribution in [1.82, 2.24) is 20.1 Å². The number of hydrogen-bond acceptors (Lipinski definition) is 2. The smallest absolute Gasteiger partial charge is 0.253 e. The van der Waals surface area contributed by atoms with E-state index in [4.69, 9.17) is 0 Å². The number of aromatic amines is 1. The third kappa shape index (κ3) is 2.32. The summed E-state index contributed by atoms with van der Waals surface area (Å²) in [4.78, 5) is 15.9. The third-order valence-electron chi connectivity index (χ3n) is 4.76. The van der Waals surface area contributed by atoms with E-state index < -0.39 is 0 Å². The summed E-state index contributed by atoms with van der Waals surface area (Å²) in [5.41, 5.74) is 5.24. The Morgan fingerprint density at radius 1 is 1.43 bits per heavy atom. The second kappa shape index (κ2) is 5.26. The van der Waals surface area contributed by atoms with E-state index in [0.29, 0.717) is 5.56 Å². The van der Waals surface area contributed by atoms with Gasteiger partial charge in [0.15, 0.2) is 0 Å². The van der Waals surface area contributed by atoms with E-state index in [1.165, 1.54) is 5.69 Å². The lowest BCUT2D eigenvalue weighted by molar-refractivity contribution is 0.0934. The van der Waals surface area contributed by atoms with E-state index in [2.05, 4.69) is 21.5 Å². The van der Waals surface area contributed by atoms with Crippen LogP contribution in [0.4, 0.5) is 0 Å². The van der Waals surface area contributed by atoms with Gasteiger partial charge in [0.05, 0.1) is 17.8 Å². The van der Waals surface area contributed by atoms with Crippen molar-refractivity contribution in [2.45, 2.75) is 32.2 Å². The normalized spacial score (nSPS) is 17.2. The fourth-order valence-corrected chi connectivity index (χ4v) is 3.51. The van der Waals surface area contributed by atoms with Gasteiger partial charge >= 0.3 is 0 Å². The molecule has 2 heterocycles. The van der Waals surface area contributed by atoms with Gasteiger partial charge in [-0.2, -0.15) is 5.10 Å². The highest BCUT2D eigenvalue weighted by Gasteiger charge is 2.25. The van der Waals surface area contributed by atoms with Gasteiger partial charge in [0, 0.05) is 35.4 Å². The SMILES string of the molecule is Cc1ccc2[nH]cc(C(=O)NC3CCCc4c3cnn4C)c2c1. The zero-order chi connectivity index (χ0) is 16.0. The van der Waals surface area contributed by atoms with E-state index in [1.807, 2.05) is 37.0 Å². The first kappa shape index (κ1) is 14.1. The minimum Gasteiger partial charge on any atom is -0.360 e. The monoisotopic (exact) mass is 308 g/mol. The molecule has 1 atom stereocenters. The molecule has 23 heavy (non-hydrogen) atoms. The summed E-state index contributed by atoms with van der Waals surface area (Å²) in [7, 11) is 1.96. The summed E-state index contributed by atoms with van der Waals surface area (Å²) in [5, 5.41) is 8.51. The molecule has 0 aliphatic heterocycles. The van der Waals surface area contributed by atoms with E-state index in [-0.39, 0.29) is 11.9 Å². The van der Waals surface area contributed by atoms with Gasteiger partial charge < -0.3 is 10.3 Å². The average Bonchev–Trinajstić information content (AvgIpc) is 3.12. The predicted molar refractivity (Wildman–Crippen MR) is 89.4 cm³/mol. The third-order valence-corrected chi connectivity index (χ3v) is 4.76. The lowest BCUT2D eigenvalue weighted by Gasteiger charge is -2.23. The van der Waals surface area contributed by atoms with Crippen LogP contribution in [0.5, 0.6) is 0 Å². The molecule has 1 amide bonds. The summed E-state index contributed by atoms with van der Waals surface area (Å²) in [5.74, 6) is -0.0245. The quantitative estimate of drug-likeness (QED) is 0.764. The molecule has 0 spiro atoms. The molecule has 5 heteroatoms. The first-order chi connectivity index (χ1) is 11.1. The molecule has 2 N–H and O–H groups in total. The van der Waals surface area contributed by atoms with Gasteiger partial charge in [-0.1, -0.05) is 11.6 Å². The Balaban J connectivity index is 1.64. The van der Waals surface area contributed by atoms with E-state index in [9.17, 15) is 4.79 Å². The van der Waals surface area contributed by atoms with Crippen LogP contribution in [0, 0.1) is 6.92 Å².